The van der Waals surface area contributed by atoms with E-state index in [0.29, 0.717) is 28.0 Å². The number of hydrogen-bond acceptors (Lipinski definition) is 6. The summed E-state index contributed by atoms with van der Waals surface area (Å²) >= 11 is 6.14. The summed E-state index contributed by atoms with van der Waals surface area (Å²) in [5, 5.41) is 18.7. The number of aromatic carboxylic acids is 1. The number of rotatable bonds is 6. The molecule has 4 aromatic rings. The van der Waals surface area contributed by atoms with E-state index >= 15 is 0 Å². The van der Waals surface area contributed by atoms with Crippen molar-refractivity contribution >= 4 is 28.5 Å². The smallest absolute Gasteiger partial charge is 0.433 e. The van der Waals surface area contributed by atoms with Crippen LogP contribution in [0.2, 0.25) is 5.02 Å². The first-order valence-corrected chi connectivity index (χ1v) is 11.0. The van der Waals surface area contributed by atoms with Gasteiger partial charge in [-0.25, -0.2) is 14.8 Å². The lowest BCUT2D eigenvalue weighted by molar-refractivity contribution is -0.141. The number of ether oxygens (including phenoxy) is 1. The van der Waals surface area contributed by atoms with Gasteiger partial charge in [0.25, 0.3) is 5.56 Å². The summed E-state index contributed by atoms with van der Waals surface area (Å²) in [6.45, 7) is 1.35. The van der Waals surface area contributed by atoms with Crippen LogP contribution in [0.4, 0.5) is 13.2 Å². The van der Waals surface area contributed by atoms with Crippen LogP contribution in [0.1, 0.15) is 27.6 Å². The largest absolute Gasteiger partial charge is 0.491 e. The van der Waals surface area contributed by atoms with Gasteiger partial charge in [0, 0.05) is 10.6 Å². The standard InChI is InChI=1S/C25H16ClF3N4O4/c1-13-31-18-11-21(25(27,28)29)32-19(12-30)22(18)23(34)33(13)7-8-37-20-6-5-16(26)10-17(20)14-3-2-4-15(9-14)24(35)36/h2-6,9-11H,7-8H2,1H3,(H,35,36). The van der Waals surface area contributed by atoms with Gasteiger partial charge in [-0.2, -0.15) is 18.4 Å². The lowest BCUT2D eigenvalue weighted by Crippen LogP contribution is -2.28. The summed E-state index contributed by atoms with van der Waals surface area (Å²) in [7, 11) is 0. The van der Waals surface area contributed by atoms with Gasteiger partial charge in [-0.05, 0) is 48.9 Å². The Morgan fingerprint density at radius 3 is 2.62 bits per heavy atom. The molecule has 1 N–H and O–H groups in total. The average Bonchev–Trinajstić information content (AvgIpc) is 2.85. The number of hydrogen-bond donors (Lipinski definition) is 1. The molecular formula is C25H16ClF3N4O4. The van der Waals surface area contributed by atoms with E-state index in [2.05, 4.69) is 9.97 Å². The number of aryl methyl sites for hydroxylation is 1. The number of pyridine rings is 1. The molecule has 37 heavy (non-hydrogen) atoms. The van der Waals surface area contributed by atoms with Gasteiger partial charge in [-0.15, -0.1) is 0 Å². The maximum absolute atomic E-state index is 13.1. The highest BCUT2D eigenvalue weighted by molar-refractivity contribution is 6.31. The fourth-order valence-corrected chi connectivity index (χ4v) is 3.93. The molecule has 0 fully saturated rings. The van der Waals surface area contributed by atoms with Gasteiger partial charge in [0.1, 0.15) is 35.3 Å². The van der Waals surface area contributed by atoms with Crippen molar-refractivity contribution in [2.24, 2.45) is 0 Å². The van der Waals surface area contributed by atoms with E-state index in [1.54, 1.807) is 36.4 Å². The molecule has 188 valence electrons. The molecule has 2 heterocycles. The Balaban J connectivity index is 1.66. The molecule has 0 radical (unpaired) electrons. The topological polar surface area (TPSA) is 118 Å². The van der Waals surface area contributed by atoms with E-state index in [1.807, 2.05) is 0 Å². The van der Waals surface area contributed by atoms with Crippen LogP contribution in [0.5, 0.6) is 5.75 Å². The maximum Gasteiger partial charge on any atom is 0.433 e. The van der Waals surface area contributed by atoms with Gasteiger partial charge in [-0.3, -0.25) is 9.36 Å². The first-order chi connectivity index (χ1) is 17.5. The molecule has 2 aromatic heterocycles. The van der Waals surface area contributed by atoms with E-state index in [4.69, 9.17) is 16.3 Å². The molecule has 0 aliphatic heterocycles. The van der Waals surface area contributed by atoms with E-state index in [0.717, 1.165) is 0 Å². The lowest BCUT2D eigenvalue weighted by atomic mass is 10.0. The van der Waals surface area contributed by atoms with Gasteiger partial charge in [-0.1, -0.05) is 23.7 Å². The molecule has 0 aliphatic carbocycles. The Bertz CT molecular complexity index is 1640. The Kier molecular flexibility index (Phi) is 6.87. The summed E-state index contributed by atoms with van der Waals surface area (Å²) < 4.78 is 46.5. The minimum absolute atomic E-state index is 0.0449. The first kappa shape index (κ1) is 25.7. The highest BCUT2D eigenvalue weighted by Gasteiger charge is 2.34. The predicted octanol–water partition coefficient (Wildman–Crippen LogP) is 5.09. The van der Waals surface area contributed by atoms with Crippen molar-refractivity contribution in [2.45, 2.75) is 19.6 Å². The van der Waals surface area contributed by atoms with Crippen LogP contribution in [0.3, 0.4) is 0 Å². The molecular weight excluding hydrogens is 513 g/mol. The van der Waals surface area contributed by atoms with Crippen molar-refractivity contribution in [2.75, 3.05) is 6.61 Å². The molecule has 0 unspecified atom stereocenters. The number of aromatic nitrogens is 3. The van der Waals surface area contributed by atoms with E-state index in [-0.39, 0.29) is 35.4 Å². The molecule has 0 saturated carbocycles. The third-order valence-electron chi connectivity index (χ3n) is 5.46. The highest BCUT2D eigenvalue weighted by Crippen LogP contribution is 2.33. The summed E-state index contributed by atoms with van der Waals surface area (Å²) in [5.41, 5.74) is -1.86. The number of carboxylic acid groups (broad SMARTS) is 1. The Labute approximate surface area is 212 Å². The molecule has 0 saturated heterocycles. The first-order valence-electron chi connectivity index (χ1n) is 10.6. The Morgan fingerprint density at radius 2 is 1.95 bits per heavy atom. The third kappa shape index (κ3) is 5.24. The number of nitrogens with zero attached hydrogens (tertiary/aromatic N) is 4. The molecule has 0 atom stereocenters. The monoisotopic (exact) mass is 528 g/mol. The number of fused-ring (bicyclic) bond motifs is 1. The molecule has 8 nitrogen and oxygen atoms in total. The molecule has 0 bridgehead atoms. The van der Waals surface area contributed by atoms with Gasteiger partial charge >= 0.3 is 12.1 Å². The van der Waals surface area contributed by atoms with Crippen LogP contribution < -0.4 is 10.3 Å². The third-order valence-corrected chi connectivity index (χ3v) is 5.70. The predicted molar refractivity (Wildman–Crippen MR) is 128 cm³/mol. The molecule has 2 aromatic carbocycles. The minimum Gasteiger partial charge on any atom is -0.491 e. The van der Waals surface area contributed by atoms with Gasteiger partial charge in [0.2, 0.25) is 0 Å². The van der Waals surface area contributed by atoms with Crippen LogP contribution in [-0.2, 0) is 12.7 Å². The van der Waals surface area contributed by atoms with Crippen molar-refractivity contribution in [3.63, 3.8) is 0 Å². The van der Waals surface area contributed by atoms with E-state index in [9.17, 15) is 33.1 Å². The number of benzene rings is 2. The second-order valence-electron chi connectivity index (χ2n) is 7.85. The van der Waals surface area contributed by atoms with Crippen LogP contribution >= 0.6 is 11.6 Å². The van der Waals surface area contributed by atoms with Crippen molar-refractivity contribution in [3.8, 4) is 22.9 Å². The highest BCUT2D eigenvalue weighted by atomic mass is 35.5. The molecule has 0 spiro atoms. The number of nitriles is 1. The fraction of sp³-hybridized carbons (Fsp3) is 0.160. The normalized spacial score (nSPS) is 11.4. The van der Waals surface area contributed by atoms with Gasteiger partial charge < -0.3 is 9.84 Å². The zero-order chi connectivity index (χ0) is 26.9. The zero-order valence-electron chi connectivity index (χ0n) is 19.0. The van der Waals surface area contributed by atoms with Crippen molar-refractivity contribution in [3.05, 3.63) is 86.7 Å². The van der Waals surface area contributed by atoms with Crippen LogP contribution in [0, 0.1) is 18.3 Å². The summed E-state index contributed by atoms with van der Waals surface area (Å²) in [6.07, 6.45) is -4.81. The summed E-state index contributed by atoms with van der Waals surface area (Å²) in [4.78, 5) is 31.8. The molecule has 0 aliphatic rings. The summed E-state index contributed by atoms with van der Waals surface area (Å²) in [5.74, 6) is -0.617. The number of carboxylic acids is 1. The summed E-state index contributed by atoms with van der Waals surface area (Å²) in [6, 6.07) is 13.2. The van der Waals surface area contributed by atoms with Gasteiger partial charge in [0.15, 0.2) is 5.69 Å². The lowest BCUT2D eigenvalue weighted by Gasteiger charge is -2.15. The SMILES string of the molecule is Cc1nc2cc(C(F)(F)F)nc(C#N)c2c(=O)n1CCOc1ccc(Cl)cc1-c1cccc(C(=O)O)c1. The quantitative estimate of drug-likeness (QED) is 0.370. The molecule has 4 rings (SSSR count). The minimum atomic E-state index is -4.81. The Hall–Kier alpha value is -4.43. The van der Waals surface area contributed by atoms with Crippen LogP contribution in [0.15, 0.2) is 53.3 Å². The van der Waals surface area contributed by atoms with Crippen molar-refractivity contribution in [1.82, 2.24) is 14.5 Å². The number of alkyl halides is 3. The zero-order valence-corrected chi connectivity index (χ0v) is 19.8. The Morgan fingerprint density at radius 1 is 1.19 bits per heavy atom. The number of carbonyl (C=O) groups is 1. The molecule has 12 heteroatoms. The number of halogens is 4. The molecule has 0 amide bonds. The average molecular weight is 529 g/mol. The second-order valence-corrected chi connectivity index (χ2v) is 8.29. The van der Waals surface area contributed by atoms with Crippen molar-refractivity contribution < 1.29 is 27.8 Å². The second kappa shape index (κ2) is 9.91. The van der Waals surface area contributed by atoms with E-state index in [1.165, 1.54) is 23.6 Å². The van der Waals surface area contributed by atoms with Crippen LogP contribution in [-0.4, -0.2) is 32.2 Å². The fourth-order valence-electron chi connectivity index (χ4n) is 3.76. The maximum atomic E-state index is 13.1. The van der Waals surface area contributed by atoms with Crippen molar-refractivity contribution in [1.29, 1.82) is 5.26 Å². The van der Waals surface area contributed by atoms with E-state index < -0.39 is 29.1 Å². The van der Waals surface area contributed by atoms with Gasteiger partial charge in [0.05, 0.1) is 17.6 Å². The van der Waals surface area contributed by atoms with Crippen LogP contribution in [0.25, 0.3) is 22.0 Å².